The minimum Gasteiger partial charge on any atom is -0.537 e. The molecular weight excluding hydrogens is 595 g/mol. The minimum atomic E-state index is 0.434. The van der Waals surface area contributed by atoms with Crippen LogP contribution in [0.3, 0.4) is 0 Å². The normalized spacial score (nSPS) is 9.86. The van der Waals surface area contributed by atoms with E-state index >= 15 is 0 Å². The molecule has 0 amide bonds. The topological polar surface area (TPSA) is 159 Å². The van der Waals surface area contributed by atoms with Crippen LogP contribution in [0.2, 0.25) is 0 Å². The number of nitrogens with zero attached hydrogens (tertiary/aromatic N) is 6. The molecule has 0 aliphatic heterocycles. The monoisotopic (exact) mass is 619 g/mol. The Balaban J connectivity index is 0.000000155. The predicted molar refractivity (Wildman–Crippen MR) is 168 cm³/mol. The highest BCUT2D eigenvalue weighted by atomic mass is 79.9. The molecule has 42 heavy (non-hydrogen) atoms. The zero-order valence-electron chi connectivity index (χ0n) is 22.2. The summed E-state index contributed by atoms with van der Waals surface area (Å²) in [6.45, 7) is 0. The fourth-order valence-electron chi connectivity index (χ4n) is 3.53. The summed E-state index contributed by atoms with van der Waals surface area (Å²) >= 11 is 3.26. The van der Waals surface area contributed by atoms with Crippen molar-refractivity contribution >= 4 is 35.3 Å². The van der Waals surface area contributed by atoms with Crippen molar-refractivity contribution in [3.8, 4) is 39.5 Å². The van der Waals surface area contributed by atoms with Gasteiger partial charge in [0.05, 0.1) is 18.1 Å². The molecule has 0 atom stereocenters. The highest BCUT2D eigenvalue weighted by molar-refractivity contribution is 9.10. The van der Waals surface area contributed by atoms with Crippen LogP contribution in [0.25, 0.3) is 33.8 Å². The van der Waals surface area contributed by atoms with Crippen LogP contribution in [0.5, 0.6) is 5.75 Å². The van der Waals surface area contributed by atoms with Crippen LogP contribution in [-0.4, -0.2) is 42.6 Å². The Labute approximate surface area is 252 Å². The van der Waals surface area contributed by atoms with E-state index < -0.39 is 0 Å². The van der Waals surface area contributed by atoms with Crippen LogP contribution in [0.4, 0.5) is 11.6 Å². The first-order chi connectivity index (χ1) is 20.5. The molecule has 0 unspecified atom stereocenters. The summed E-state index contributed by atoms with van der Waals surface area (Å²) in [6, 6.07) is 26.6. The van der Waals surface area contributed by atoms with Gasteiger partial charge in [0.15, 0.2) is 0 Å². The second-order valence-corrected chi connectivity index (χ2v) is 9.10. The SMILES string of the molecule is Nc1ncc(-c2ccncc2)nc1-c1ccccc1.Nc1ncc(Br)nc1-c1ccccc1.O[B]Oc1ccncc1. The van der Waals surface area contributed by atoms with Crippen LogP contribution in [-0.2, 0) is 0 Å². The van der Waals surface area contributed by atoms with Crippen molar-refractivity contribution in [1.29, 1.82) is 0 Å². The number of rotatable bonds is 5. The predicted octanol–water partition coefficient (Wildman–Crippen LogP) is 5.26. The molecule has 6 aromatic rings. The molecule has 10 nitrogen and oxygen atoms in total. The lowest BCUT2D eigenvalue weighted by Crippen LogP contribution is -1.98. The lowest BCUT2D eigenvalue weighted by molar-refractivity contribution is 0.453. The Hall–Kier alpha value is -5.20. The molecule has 0 bridgehead atoms. The number of nitrogens with two attached hydrogens (primary N) is 2. The summed E-state index contributed by atoms with van der Waals surface area (Å²) in [6.07, 6.45) is 9.89. The molecule has 4 heterocycles. The number of halogens is 1. The lowest BCUT2D eigenvalue weighted by atomic mass is 10.1. The molecule has 0 saturated heterocycles. The number of hydrogen-bond acceptors (Lipinski definition) is 10. The molecular formula is C30H25BBrN8O2. The first kappa shape index (κ1) is 29.8. The van der Waals surface area contributed by atoms with E-state index in [4.69, 9.17) is 16.5 Å². The van der Waals surface area contributed by atoms with Crippen molar-refractivity contribution in [3.63, 3.8) is 0 Å². The summed E-state index contributed by atoms with van der Waals surface area (Å²) in [5.41, 5.74) is 16.7. The third-order valence-electron chi connectivity index (χ3n) is 5.48. The van der Waals surface area contributed by atoms with Crippen molar-refractivity contribution in [2.75, 3.05) is 11.5 Å². The number of benzene rings is 2. The van der Waals surface area contributed by atoms with Crippen LogP contribution in [0, 0.1) is 0 Å². The average molecular weight is 620 g/mol. The van der Waals surface area contributed by atoms with Gasteiger partial charge >= 0.3 is 7.69 Å². The number of nitrogen functional groups attached to an aromatic ring is 2. The van der Waals surface area contributed by atoms with Crippen LogP contribution in [0.1, 0.15) is 0 Å². The summed E-state index contributed by atoms with van der Waals surface area (Å²) in [5.74, 6) is 1.45. The number of hydrogen-bond donors (Lipinski definition) is 3. The highest BCUT2D eigenvalue weighted by Crippen LogP contribution is 2.25. The molecule has 0 aliphatic carbocycles. The van der Waals surface area contributed by atoms with Gasteiger partial charge in [0.1, 0.15) is 33.4 Å². The number of pyridine rings is 2. The van der Waals surface area contributed by atoms with E-state index in [9.17, 15) is 0 Å². The summed E-state index contributed by atoms with van der Waals surface area (Å²) in [4.78, 5) is 24.9. The molecule has 2 aromatic carbocycles. The third-order valence-corrected chi connectivity index (χ3v) is 5.86. The van der Waals surface area contributed by atoms with Gasteiger partial charge in [-0.2, -0.15) is 0 Å². The molecule has 0 spiro atoms. The van der Waals surface area contributed by atoms with E-state index in [1.54, 1.807) is 49.3 Å². The zero-order chi connectivity index (χ0) is 29.6. The molecule has 1 radical (unpaired) electrons. The van der Waals surface area contributed by atoms with Crippen molar-refractivity contribution in [3.05, 3.63) is 127 Å². The first-order valence-corrected chi connectivity index (χ1v) is 13.3. The first-order valence-electron chi connectivity index (χ1n) is 12.5. The summed E-state index contributed by atoms with van der Waals surface area (Å²) < 4.78 is 5.28. The Kier molecular flexibility index (Phi) is 11.0. The average Bonchev–Trinajstić information content (AvgIpc) is 3.05. The van der Waals surface area contributed by atoms with Crippen LogP contribution < -0.4 is 16.1 Å². The van der Waals surface area contributed by atoms with Crippen LogP contribution >= 0.6 is 15.9 Å². The van der Waals surface area contributed by atoms with Gasteiger partial charge in [-0.1, -0.05) is 60.7 Å². The van der Waals surface area contributed by atoms with Gasteiger partial charge in [0, 0.05) is 41.5 Å². The highest BCUT2D eigenvalue weighted by Gasteiger charge is 2.08. The third kappa shape index (κ3) is 8.65. The molecule has 6 rings (SSSR count). The lowest BCUT2D eigenvalue weighted by Gasteiger charge is -2.07. The Morgan fingerprint density at radius 1 is 0.619 bits per heavy atom. The molecule has 4 aromatic heterocycles. The number of anilines is 2. The largest absolute Gasteiger partial charge is 0.569 e. The van der Waals surface area contributed by atoms with E-state index in [1.165, 1.54) is 0 Å². The maximum absolute atomic E-state index is 8.15. The fourth-order valence-corrected chi connectivity index (χ4v) is 3.81. The summed E-state index contributed by atoms with van der Waals surface area (Å²) in [5, 5.41) is 8.15. The molecule has 5 N–H and O–H groups in total. The van der Waals surface area contributed by atoms with Crippen molar-refractivity contribution < 1.29 is 9.68 Å². The van der Waals surface area contributed by atoms with E-state index in [-0.39, 0.29) is 0 Å². The quantitative estimate of drug-likeness (QED) is 0.217. The minimum absolute atomic E-state index is 0.434. The standard InChI is InChI=1S/C15H12N4.C10H8BrN3.C5H5BNO2/c16-15-14(12-4-2-1-3-5-12)19-13(10-18-15)11-6-8-17-9-7-11;11-8-6-13-10(12)9(14-8)7-4-2-1-3-5-7;8-6-9-5-1-3-7-4-2-5/h1-10H,(H2,16,18);1-6H,(H2,12,13);1-4,8H. The van der Waals surface area contributed by atoms with Crippen molar-refractivity contribution in [1.82, 2.24) is 29.9 Å². The van der Waals surface area contributed by atoms with E-state index in [2.05, 4.69) is 50.5 Å². The second-order valence-electron chi connectivity index (χ2n) is 8.29. The summed E-state index contributed by atoms with van der Waals surface area (Å²) in [7, 11) is 0.634. The zero-order valence-corrected chi connectivity index (χ0v) is 23.8. The Bertz CT molecular complexity index is 1670. The van der Waals surface area contributed by atoms with Crippen molar-refractivity contribution in [2.45, 2.75) is 0 Å². The molecule has 0 saturated carbocycles. The second kappa shape index (κ2) is 15.6. The molecule has 0 aliphatic rings. The maximum atomic E-state index is 8.15. The van der Waals surface area contributed by atoms with Gasteiger partial charge in [-0.05, 0) is 40.2 Å². The van der Waals surface area contributed by atoms with Gasteiger partial charge in [-0.3, -0.25) is 9.97 Å². The van der Waals surface area contributed by atoms with E-state index in [0.29, 0.717) is 41.1 Å². The Morgan fingerprint density at radius 3 is 1.67 bits per heavy atom. The van der Waals surface area contributed by atoms with Gasteiger partial charge < -0.3 is 21.1 Å². The maximum Gasteiger partial charge on any atom is 0.569 e. The molecule has 0 fully saturated rings. The van der Waals surface area contributed by atoms with Gasteiger partial charge in [0.25, 0.3) is 0 Å². The van der Waals surface area contributed by atoms with E-state index in [0.717, 1.165) is 22.4 Å². The van der Waals surface area contributed by atoms with Gasteiger partial charge in [-0.15, -0.1) is 0 Å². The van der Waals surface area contributed by atoms with Crippen LogP contribution in [0.15, 0.2) is 127 Å². The smallest absolute Gasteiger partial charge is 0.537 e. The molecule has 12 heteroatoms. The Morgan fingerprint density at radius 2 is 1.12 bits per heavy atom. The van der Waals surface area contributed by atoms with E-state index in [1.807, 2.05) is 72.8 Å². The van der Waals surface area contributed by atoms with Gasteiger partial charge in [0.2, 0.25) is 0 Å². The van der Waals surface area contributed by atoms with Gasteiger partial charge in [-0.25, -0.2) is 19.9 Å². The number of aromatic nitrogens is 6. The molecule has 207 valence electrons. The van der Waals surface area contributed by atoms with Crippen molar-refractivity contribution in [2.24, 2.45) is 0 Å². The fraction of sp³-hybridized carbons (Fsp3) is 0.